The van der Waals surface area contributed by atoms with Crippen LogP contribution in [0.2, 0.25) is 0 Å². The quantitative estimate of drug-likeness (QED) is 0.212. The number of ether oxygens (including phenoxy) is 2. The van der Waals surface area contributed by atoms with Gasteiger partial charge in [0.15, 0.2) is 0 Å². The molecule has 2 aromatic heterocycles. The number of pyridine rings is 1. The van der Waals surface area contributed by atoms with E-state index in [-0.39, 0.29) is 43.2 Å². The number of alkyl halides is 3. The number of hydrogen-bond acceptors (Lipinski definition) is 8. The van der Waals surface area contributed by atoms with Crippen LogP contribution in [0.25, 0.3) is 11.3 Å². The van der Waals surface area contributed by atoms with Gasteiger partial charge in [-0.05, 0) is 61.0 Å². The Bertz CT molecular complexity index is 1490. The van der Waals surface area contributed by atoms with Crippen LogP contribution in [-0.2, 0) is 15.7 Å². The number of carbonyl (C=O) groups is 1. The number of methoxy groups -OCH3 is 2. The van der Waals surface area contributed by atoms with Crippen molar-refractivity contribution in [2.45, 2.75) is 13.1 Å². The van der Waals surface area contributed by atoms with Crippen LogP contribution in [0.3, 0.4) is 0 Å². The smallest absolute Gasteiger partial charge is 0.383 e. The highest BCUT2D eigenvalue weighted by Gasteiger charge is 2.35. The van der Waals surface area contributed by atoms with E-state index < -0.39 is 17.6 Å². The molecule has 0 fully saturated rings. The summed E-state index contributed by atoms with van der Waals surface area (Å²) >= 11 is 0. The summed E-state index contributed by atoms with van der Waals surface area (Å²) in [6.07, 6.45) is 0.315. The minimum Gasteiger partial charge on any atom is -0.383 e. The van der Waals surface area contributed by atoms with Crippen molar-refractivity contribution in [1.82, 2.24) is 15.0 Å². The van der Waals surface area contributed by atoms with Gasteiger partial charge in [-0.15, -0.1) is 0 Å². The second kappa shape index (κ2) is 13.9. The molecule has 0 unspecified atom stereocenters. The molecular weight excluding hydrogens is 549 g/mol. The first kappa shape index (κ1) is 30.4. The third-order valence-corrected chi connectivity index (χ3v) is 6.39. The average Bonchev–Trinajstić information content (AvgIpc) is 2.98. The Morgan fingerprint density at radius 3 is 2.40 bits per heavy atom. The molecule has 2 heterocycles. The molecule has 12 heteroatoms. The molecule has 4 aromatic rings. The van der Waals surface area contributed by atoms with Crippen LogP contribution < -0.4 is 15.5 Å². The van der Waals surface area contributed by atoms with E-state index in [4.69, 9.17) is 9.47 Å². The fourth-order valence-electron chi connectivity index (χ4n) is 4.19. The molecule has 0 saturated heterocycles. The summed E-state index contributed by atoms with van der Waals surface area (Å²) in [7, 11) is 2.97. The first-order valence-electron chi connectivity index (χ1n) is 13.1. The van der Waals surface area contributed by atoms with Crippen molar-refractivity contribution in [2.75, 3.05) is 56.1 Å². The minimum absolute atomic E-state index is 0.0112. The van der Waals surface area contributed by atoms with E-state index in [1.165, 1.54) is 26.4 Å². The maximum atomic E-state index is 14.1. The van der Waals surface area contributed by atoms with E-state index in [1.54, 1.807) is 53.8 Å². The molecule has 4 rings (SSSR count). The molecule has 0 aliphatic heterocycles. The number of anilines is 4. The van der Waals surface area contributed by atoms with Crippen LogP contribution in [0.4, 0.5) is 36.2 Å². The Hall–Kier alpha value is -4.55. The highest BCUT2D eigenvalue weighted by atomic mass is 19.4. The number of carbonyl (C=O) groups excluding carboxylic acids is 1. The van der Waals surface area contributed by atoms with Gasteiger partial charge in [0, 0.05) is 74.1 Å². The maximum Gasteiger partial charge on any atom is 0.418 e. The van der Waals surface area contributed by atoms with Crippen molar-refractivity contribution in [1.29, 1.82) is 0 Å². The molecular formula is C30H31F3N6O3. The topological polar surface area (TPSA) is 102 Å². The Labute approximate surface area is 241 Å². The number of hydrogen-bond donors (Lipinski definition) is 2. The zero-order valence-electron chi connectivity index (χ0n) is 23.4. The molecule has 0 spiro atoms. The number of benzene rings is 2. The Kier molecular flexibility index (Phi) is 10.0. The highest BCUT2D eigenvalue weighted by molar-refractivity contribution is 6.05. The largest absolute Gasteiger partial charge is 0.418 e. The molecule has 2 aromatic carbocycles. The first-order chi connectivity index (χ1) is 20.2. The standard InChI is InChI=1S/C30H31F3N6O3/c1-20-6-7-21(17-26(20)38-29-35-12-10-25(37-29)22-5-4-11-34-19-22)28(40)36-23-8-9-27(24(18-23)30(31,32)33)39(13-15-41-2)14-16-42-3/h4-12,17-19H,13-16H2,1-3H3,(H,36,40)(H,35,37,38). The van der Waals surface area contributed by atoms with Crippen molar-refractivity contribution < 1.29 is 27.4 Å². The van der Waals surface area contributed by atoms with Gasteiger partial charge < -0.3 is 25.0 Å². The molecule has 0 radical (unpaired) electrons. The lowest BCUT2D eigenvalue weighted by Crippen LogP contribution is -2.32. The van der Waals surface area contributed by atoms with Crippen LogP contribution >= 0.6 is 0 Å². The number of rotatable bonds is 12. The summed E-state index contributed by atoms with van der Waals surface area (Å²) < 4.78 is 52.5. The van der Waals surface area contributed by atoms with Crippen LogP contribution in [0.15, 0.2) is 73.2 Å². The molecule has 0 bridgehead atoms. The monoisotopic (exact) mass is 580 g/mol. The minimum atomic E-state index is -4.65. The van der Waals surface area contributed by atoms with E-state index in [0.717, 1.165) is 17.2 Å². The van der Waals surface area contributed by atoms with Gasteiger partial charge in [-0.3, -0.25) is 9.78 Å². The molecule has 2 N–H and O–H groups in total. The number of nitrogens with zero attached hydrogens (tertiary/aromatic N) is 4. The molecule has 0 aliphatic carbocycles. The third kappa shape index (κ3) is 7.80. The van der Waals surface area contributed by atoms with Gasteiger partial charge in [-0.25, -0.2) is 9.97 Å². The predicted octanol–water partition coefficient (Wildman–Crippen LogP) is 5.96. The normalized spacial score (nSPS) is 11.3. The Balaban J connectivity index is 1.56. The zero-order valence-corrected chi connectivity index (χ0v) is 23.4. The van der Waals surface area contributed by atoms with Gasteiger partial charge in [-0.1, -0.05) is 6.07 Å². The summed E-state index contributed by atoms with van der Waals surface area (Å²) in [4.78, 5) is 27.6. The SMILES string of the molecule is COCCN(CCOC)c1ccc(NC(=O)c2ccc(C)c(Nc3nccc(-c4cccnc4)n3)c2)cc1C(F)(F)F. The molecule has 220 valence electrons. The van der Waals surface area contributed by atoms with Gasteiger partial charge in [0.2, 0.25) is 5.95 Å². The van der Waals surface area contributed by atoms with Crippen LogP contribution in [0.5, 0.6) is 0 Å². The van der Waals surface area contributed by atoms with Crippen LogP contribution in [0, 0.1) is 6.92 Å². The molecule has 0 atom stereocenters. The second-order valence-electron chi connectivity index (χ2n) is 9.32. The van der Waals surface area contributed by atoms with Crippen LogP contribution in [0.1, 0.15) is 21.5 Å². The number of halogens is 3. The van der Waals surface area contributed by atoms with Crippen molar-refractivity contribution >= 4 is 28.9 Å². The number of amides is 1. The Morgan fingerprint density at radius 2 is 1.74 bits per heavy atom. The van der Waals surface area contributed by atoms with E-state index in [9.17, 15) is 18.0 Å². The lowest BCUT2D eigenvalue weighted by Gasteiger charge is -2.28. The molecule has 42 heavy (non-hydrogen) atoms. The van der Waals surface area contributed by atoms with Crippen molar-refractivity contribution in [3.63, 3.8) is 0 Å². The van der Waals surface area contributed by atoms with Crippen LogP contribution in [-0.4, -0.2) is 61.4 Å². The summed E-state index contributed by atoms with van der Waals surface area (Å²) in [5.41, 5.74) is 2.23. The summed E-state index contributed by atoms with van der Waals surface area (Å²) in [5, 5.41) is 5.72. The predicted molar refractivity (Wildman–Crippen MR) is 155 cm³/mol. The van der Waals surface area contributed by atoms with Gasteiger partial charge in [0.25, 0.3) is 5.91 Å². The van der Waals surface area contributed by atoms with Crippen molar-refractivity contribution in [3.8, 4) is 11.3 Å². The highest BCUT2D eigenvalue weighted by Crippen LogP contribution is 2.38. The van der Waals surface area contributed by atoms with E-state index in [0.29, 0.717) is 17.3 Å². The molecule has 0 aliphatic rings. The lowest BCUT2D eigenvalue weighted by molar-refractivity contribution is -0.137. The molecule has 9 nitrogen and oxygen atoms in total. The Morgan fingerprint density at radius 1 is 0.976 bits per heavy atom. The zero-order chi connectivity index (χ0) is 30.1. The fraction of sp³-hybridized carbons (Fsp3) is 0.267. The summed E-state index contributed by atoms with van der Waals surface area (Å²) in [5.74, 6) is -0.256. The van der Waals surface area contributed by atoms with Gasteiger partial charge in [0.05, 0.1) is 24.5 Å². The molecule has 0 saturated carbocycles. The van der Waals surface area contributed by atoms with E-state index in [1.807, 2.05) is 13.0 Å². The first-order valence-corrected chi connectivity index (χ1v) is 13.1. The number of nitrogens with one attached hydrogen (secondary N) is 2. The van der Waals surface area contributed by atoms with Gasteiger partial charge >= 0.3 is 6.18 Å². The summed E-state index contributed by atoms with van der Waals surface area (Å²) in [6, 6.07) is 14.1. The lowest BCUT2D eigenvalue weighted by atomic mass is 10.1. The van der Waals surface area contributed by atoms with Gasteiger partial charge in [-0.2, -0.15) is 13.2 Å². The van der Waals surface area contributed by atoms with Crippen molar-refractivity contribution in [3.05, 3.63) is 89.9 Å². The molecule has 1 amide bonds. The number of aryl methyl sites for hydroxylation is 1. The van der Waals surface area contributed by atoms with Crippen molar-refractivity contribution in [2.24, 2.45) is 0 Å². The van der Waals surface area contributed by atoms with E-state index >= 15 is 0 Å². The maximum absolute atomic E-state index is 14.1. The second-order valence-corrected chi connectivity index (χ2v) is 9.32. The third-order valence-electron chi connectivity index (χ3n) is 6.39. The number of aromatic nitrogens is 3. The van der Waals surface area contributed by atoms with Gasteiger partial charge in [0.1, 0.15) is 0 Å². The fourth-order valence-corrected chi connectivity index (χ4v) is 4.19. The summed E-state index contributed by atoms with van der Waals surface area (Å²) in [6.45, 7) is 2.80. The average molecular weight is 581 g/mol. The van der Waals surface area contributed by atoms with E-state index in [2.05, 4.69) is 25.6 Å².